The molecule has 1 saturated heterocycles. The summed E-state index contributed by atoms with van der Waals surface area (Å²) in [6.07, 6.45) is 7.78. The minimum absolute atomic E-state index is 0. The van der Waals surface area contributed by atoms with Crippen molar-refractivity contribution < 1.29 is 118 Å². The van der Waals surface area contributed by atoms with E-state index in [1.54, 1.807) is 20.3 Å². The summed E-state index contributed by atoms with van der Waals surface area (Å²) >= 11 is 0. The zero-order valence-electron chi connectivity index (χ0n) is 50.8. The van der Waals surface area contributed by atoms with Crippen molar-refractivity contribution >= 4 is 39.7 Å². The molecule has 464 valence electrons. The van der Waals surface area contributed by atoms with Gasteiger partial charge in [-0.1, -0.05) is 53.2 Å². The molecule has 5 rings (SSSR count). The van der Waals surface area contributed by atoms with Crippen LogP contribution in [0.3, 0.4) is 0 Å². The van der Waals surface area contributed by atoms with Crippen molar-refractivity contribution in [1.82, 2.24) is 9.64 Å². The molecular formula is C60H89N3NaO19S+. The molecule has 3 heterocycles. The van der Waals surface area contributed by atoms with Crippen molar-refractivity contribution in [3.63, 3.8) is 0 Å². The fourth-order valence-electron chi connectivity index (χ4n) is 8.97. The van der Waals surface area contributed by atoms with Crippen LogP contribution in [-0.4, -0.2) is 202 Å². The van der Waals surface area contributed by atoms with Crippen LogP contribution in [0.1, 0.15) is 90.0 Å². The minimum Gasteiger partial charge on any atom is -0.744 e. The van der Waals surface area contributed by atoms with E-state index in [9.17, 15) is 27.4 Å². The Morgan fingerprint density at radius 2 is 1.15 bits per heavy atom. The number of hydrogen-bond donors (Lipinski definition) is 0. The molecule has 0 spiro atoms. The second-order valence-corrected chi connectivity index (χ2v) is 22.5. The van der Waals surface area contributed by atoms with Crippen LogP contribution in [0.5, 0.6) is 0 Å². The second kappa shape index (κ2) is 39.0. The van der Waals surface area contributed by atoms with Gasteiger partial charge in [-0.3, -0.25) is 9.59 Å². The zero-order chi connectivity index (χ0) is 59.9. The third-order valence-corrected chi connectivity index (χ3v) is 14.3. The number of benzene rings is 2. The number of nitrogens with zero attached hydrogens (tertiary/aromatic N) is 3. The molecule has 4 aliphatic rings. The van der Waals surface area contributed by atoms with Crippen LogP contribution in [-0.2, 0) is 92.3 Å². The molecule has 0 bridgehead atoms. The van der Waals surface area contributed by atoms with Gasteiger partial charge in [0, 0.05) is 73.9 Å². The molecule has 84 heavy (non-hydrogen) atoms. The number of ether oxygens (including phenoxy) is 11. The van der Waals surface area contributed by atoms with E-state index in [4.69, 9.17) is 61.4 Å². The largest absolute Gasteiger partial charge is 1.00 e. The summed E-state index contributed by atoms with van der Waals surface area (Å²) in [7, 11) is -1.46. The van der Waals surface area contributed by atoms with Crippen molar-refractivity contribution in [3.05, 3.63) is 82.6 Å². The van der Waals surface area contributed by atoms with Gasteiger partial charge in [0.15, 0.2) is 13.1 Å². The van der Waals surface area contributed by atoms with Crippen molar-refractivity contribution in [3.8, 4) is 11.3 Å². The van der Waals surface area contributed by atoms with E-state index in [1.807, 2.05) is 50.3 Å². The van der Waals surface area contributed by atoms with Crippen LogP contribution in [0.2, 0.25) is 0 Å². The molecule has 0 aromatic heterocycles. The topological polar surface area (TPSA) is 242 Å². The maximum Gasteiger partial charge on any atom is 1.00 e. The molecular weight excluding hydrogens is 1120 g/mol. The maximum atomic E-state index is 12.5. The summed E-state index contributed by atoms with van der Waals surface area (Å²) in [4.78, 5) is 43.3. The van der Waals surface area contributed by atoms with Gasteiger partial charge in [0.25, 0.3) is 11.8 Å². The van der Waals surface area contributed by atoms with Crippen molar-refractivity contribution in [2.75, 3.05) is 171 Å². The van der Waals surface area contributed by atoms with Crippen LogP contribution in [0, 0.1) is 0 Å². The fraction of sp³-hybridized carbons (Fsp3) is 0.633. The Labute approximate surface area is 518 Å². The van der Waals surface area contributed by atoms with Crippen LogP contribution < -0.4 is 44.4 Å². The Hall–Kier alpha value is -3.99. The van der Waals surface area contributed by atoms with Gasteiger partial charge in [-0.05, 0) is 60.4 Å². The fourth-order valence-corrected chi connectivity index (χ4v) is 9.46. The monoisotopic (exact) mass is 1210 g/mol. The average molecular weight is 1210 g/mol. The summed E-state index contributed by atoms with van der Waals surface area (Å²) in [5, 5.41) is 1.47. The van der Waals surface area contributed by atoms with E-state index >= 15 is 0 Å². The van der Waals surface area contributed by atoms with Crippen molar-refractivity contribution in [2.45, 2.75) is 88.9 Å². The van der Waals surface area contributed by atoms with Gasteiger partial charge in [-0.2, -0.15) is 0 Å². The Balaban J connectivity index is 0.0000151. The number of carbonyl (C=O) groups excluding carboxylic acids is 3. The van der Waals surface area contributed by atoms with Crippen molar-refractivity contribution in [2.24, 2.45) is 0 Å². The van der Waals surface area contributed by atoms with Gasteiger partial charge in [-0.25, -0.2) is 17.8 Å². The molecule has 2 amide bonds. The number of methoxy groups -OCH3 is 2. The number of allylic oxidation sites excluding steroid dienone is 3. The summed E-state index contributed by atoms with van der Waals surface area (Å²) < 4.78 is 107. The first-order valence-electron chi connectivity index (χ1n) is 28.6. The minimum atomic E-state index is -4.73. The van der Waals surface area contributed by atoms with Gasteiger partial charge in [0.2, 0.25) is 5.36 Å². The summed E-state index contributed by atoms with van der Waals surface area (Å²) in [6.45, 7) is 21.3. The molecule has 0 unspecified atom stereocenters. The molecule has 1 aromatic rings. The Bertz CT molecular complexity index is 2660. The Morgan fingerprint density at radius 1 is 0.667 bits per heavy atom. The van der Waals surface area contributed by atoms with E-state index < -0.39 is 33.3 Å². The van der Waals surface area contributed by atoms with E-state index in [1.165, 1.54) is 12.1 Å². The third-order valence-electron chi connectivity index (χ3n) is 13.5. The first-order valence-corrected chi connectivity index (χ1v) is 30.0. The first kappa shape index (κ1) is 72.5. The van der Waals surface area contributed by atoms with E-state index in [0.29, 0.717) is 187 Å². The molecule has 0 N–H and O–H groups in total. The predicted octanol–water partition coefficient (Wildman–Crippen LogP) is 2.67. The Kier molecular flexibility index (Phi) is 33.7. The molecule has 1 fully saturated rings. The first-order chi connectivity index (χ1) is 39.9. The number of amides is 2. The number of hydroxylamine groups is 2. The molecule has 24 heteroatoms. The maximum absolute atomic E-state index is 12.5. The Morgan fingerprint density at radius 3 is 1.63 bits per heavy atom. The standard InChI is InChI=1S/C60H89N3O19S.Na/c1-59(2,3)55-44-47(12-11-13-54-60(4,5)51-46-49(83(67,68)69)16-18-52(51)62(54)21-10-8-9-14-58(66)82-63-56(64)19-20-57(63)65)50-17-15-48(45-53(50)81-55)61(22-24-72-30-32-76-38-40-78-36-34-74-28-26-70-6)23-25-73-31-33-77-39-41-80-43-42-79-37-35-75-29-27-71-7;/h11-13,15-18,44-46H,8-10,14,19-43H2,1-7H3;/q;+1. The van der Waals surface area contributed by atoms with Crippen LogP contribution >= 0.6 is 0 Å². The van der Waals surface area contributed by atoms with Gasteiger partial charge < -0.3 is 70.8 Å². The molecule has 3 aliphatic heterocycles. The zero-order valence-corrected chi connectivity index (χ0v) is 53.6. The van der Waals surface area contributed by atoms with Crippen molar-refractivity contribution in [1.29, 1.82) is 0 Å². The summed E-state index contributed by atoms with van der Waals surface area (Å²) in [5.41, 5.74) is 3.08. The number of carbonyl (C=O) groups is 3. The SMILES string of the molecule is COCCOCCOCCOCCOCCOCC[N+](CCOCCOCCOCCOCCOC)=c1ccc2c(/C=C/C=C3/N(CCCCCC(=O)ON4C(=O)CCC4=O)c4ccc(S(=O)(=O)[O-])cc4C3(C)C)cc(C(C)(C)C)oc-2c1.[Na+]. The average Bonchev–Trinajstić information content (AvgIpc) is 2.63. The third kappa shape index (κ3) is 25.0. The molecule has 1 aromatic carbocycles. The van der Waals surface area contributed by atoms with Gasteiger partial charge in [0.1, 0.15) is 34.9 Å². The van der Waals surface area contributed by atoms with E-state index in [-0.39, 0.29) is 59.1 Å². The van der Waals surface area contributed by atoms with E-state index in [0.717, 1.165) is 33.6 Å². The van der Waals surface area contributed by atoms with Gasteiger partial charge >= 0.3 is 35.5 Å². The second-order valence-electron chi connectivity index (χ2n) is 21.2. The molecule has 0 saturated carbocycles. The van der Waals surface area contributed by atoms with Gasteiger partial charge in [-0.15, -0.1) is 5.06 Å². The quantitative estimate of drug-likeness (QED) is 0.0260. The van der Waals surface area contributed by atoms with Crippen LogP contribution in [0.4, 0.5) is 5.69 Å². The predicted molar refractivity (Wildman–Crippen MR) is 308 cm³/mol. The number of rotatable bonds is 43. The number of unbranched alkanes of at least 4 members (excludes halogenated alkanes) is 2. The summed E-state index contributed by atoms with van der Waals surface area (Å²) in [5.74, 6) is -0.255. The van der Waals surface area contributed by atoms with Crippen LogP contribution in [0.15, 0.2) is 69.6 Å². The smallest absolute Gasteiger partial charge is 0.744 e. The number of fused-ring (bicyclic) bond motifs is 2. The molecule has 22 nitrogen and oxygen atoms in total. The summed E-state index contributed by atoms with van der Waals surface area (Å²) in [6, 6.07) is 12.7. The normalized spacial score (nSPS) is 15.3. The number of anilines is 1. The van der Waals surface area contributed by atoms with E-state index in [2.05, 4.69) is 36.3 Å². The molecule has 0 atom stereocenters. The molecule has 1 aliphatic carbocycles. The number of hydrogen-bond acceptors (Lipinski definition) is 20. The molecule has 0 radical (unpaired) electrons. The van der Waals surface area contributed by atoms with Crippen LogP contribution in [0.25, 0.3) is 17.4 Å². The number of imide groups is 1. The van der Waals surface area contributed by atoms with Gasteiger partial charge in [0.05, 0.1) is 130 Å².